The summed E-state index contributed by atoms with van der Waals surface area (Å²) in [5, 5.41) is 20.6. The maximum Gasteiger partial charge on any atom is 0.337 e. The third-order valence-corrected chi connectivity index (χ3v) is 3.15. The van der Waals surface area contributed by atoms with Crippen molar-refractivity contribution < 1.29 is 24.2 Å². The summed E-state index contributed by atoms with van der Waals surface area (Å²) in [4.78, 5) is 23.0. The van der Waals surface area contributed by atoms with Gasteiger partial charge in [-0.25, -0.2) is 9.18 Å². The van der Waals surface area contributed by atoms with E-state index in [1.54, 1.807) is 0 Å². The number of hydrogen-bond donors (Lipinski definition) is 3. The number of carboxylic acid groups (broad SMARTS) is 1. The molecule has 2 rings (SSSR count). The fraction of sp³-hybridized carbons (Fsp3) is 0. The van der Waals surface area contributed by atoms with E-state index in [2.05, 4.69) is 21.2 Å². The topological polar surface area (TPSA) is 86.6 Å². The fourth-order valence-electron chi connectivity index (χ4n) is 1.68. The van der Waals surface area contributed by atoms with Crippen LogP contribution in [0.2, 0.25) is 0 Å². The van der Waals surface area contributed by atoms with Gasteiger partial charge in [-0.1, -0.05) is 15.9 Å². The number of aromatic carboxylic acids is 1. The molecule has 0 bridgehead atoms. The highest BCUT2D eigenvalue weighted by Crippen LogP contribution is 2.23. The second kappa shape index (κ2) is 5.92. The zero-order chi connectivity index (χ0) is 15.6. The van der Waals surface area contributed by atoms with Gasteiger partial charge in [0.15, 0.2) is 0 Å². The molecular formula is C14H9BrFNO4. The zero-order valence-corrected chi connectivity index (χ0v) is 12.0. The van der Waals surface area contributed by atoms with Gasteiger partial charge < -0.3 is 15.5 Å². The molecule has 1 amide bonds. The minimum absolute atomic E-state index is 0.0346. The van der Waals surface area contributed by atoms with Crippen molar-refractivity contribution in [2.24, 2.45) is 0 Å². The van der Waals surface area contributed by atoms with Crippen LogP contribution in [0.25, 0.3) is 0 Å². The van der Waals surface area contributed by atoms with Gasteiger partial charge in [0.2, 0.25) is 0 Å². The molecule has 0 aliphatic carbocycles. The molecular weight excluding hydrogens is 345 g/mol. The van der Waals surface area contributed by atoms with E-state index in [1.165, 1.54) is 24.3 Å². The fourth-order valence-corrected chi connectivity index (χ4v) is 2.01. The average molecular weight is 354 g/mol. The predicted molar refractivity (Wildman–Crippen MR) is 77.1 cm³/mol. The summed E-state index contributed by atoms with van der Waals surface area (Å²) >= 11 is 3.07. The molecule has 0 aliphatic heterocycles. The zero-order valence-electron chi connectivity index (χ0n) is 10.4. The summed E-state index contributed by atoms with van der Waals surface area (Å²) in [6.07, 6.45) is 0. The lowest BCUT2D eigenvalue weighted by Gasteiger charge is -2.09. The maximum absolute atomic E-state index is 13.7. The van der Waals surface area contributed by atoms with E-state index in [9.17, 15) is 19.1 Å². The van der Waals surface area contributed by atoms with Crippen molar-refractivity contribution in [3.8, 4) is 5.75 Å². The van der Waals surface area contributed by atoms with Crippen LogP contribution in [0.1, 0.15) is 20.7 Å². The summed E-state index contributed by atoms with van der Waals surface area (Å²) in [5.74, 6) is -3.09. The number of carbonyl (C=O) groups excluding carboxylic acids is 1. The molecule has 0 unspecified atom stereocenters. The van der Waals surface area contributed by atoms with Gasteiger partial charge in [-0.05, 0) is 36.4 Å². The molecule has 5 nitrogen and oxygen atoms in total. The Morgan fingerprint density at radius 1 is 1.10 bits per heavy atom. The van der Waals surface area contributed by atoms with Crippen molar-refractivity contribution in [1.29, 1.82) is 0 Å². The molecule has 0 saturated carbocycles. The number of carbonyl (C=O) groups is 2. The molecule has 108 valence electrons. The number of halogens is 2. The second-order valence-corrected chi connectivity index (χ2v) is 5.03. The number of aromatic hydroxyl groups is 1. The van der Waals surface area contributed by atoms with E-state index >= 15 is 0 Å². The van der Waals surface area contributed by atoms with Gasteiger partial charge in [-0.2, -0.15) is 0 Å². The van der Waals surface area contributed by atoms with Gasteiger partial charge in [-0.15, -0.1) is 0 Å². The minimum Gasteiger partial charge on any atom is -0.508 e. The van der Waals surface area contributed by atoms with Crippen LogP contribution in [0.3, 0.4) is 0 Å². The van der Waals surface area contributed by atoms with Crippen molar-refractivity contribution in [2.75, 3.05) is 5.32 Å². The quantitative estimate of drug-likeness (QED) is 0.739. The lowest BCUT2D eigenvalue weighted by atomic mass is 10.1. The van der Waals surface area contributed by atoms with Gasteiger partial charge in [0.1, 0.15) is 11.6 Å². The highest BCUT2D eigenvalue weighted by molar-refractivity contribution is 9.10. The molecule has 3 N–H and O–H groups in total. The first-order chi connectivity index (χ1) is 9.88. The van der Waals surface area contributed by atoms with Crippen LogP contribution in [-0.2, 0) is 0 Å². The molecule has 2 aromatic rings. The molecule has 0 fully saturated rings. The predicted octanol–water partition coefficient (Wildman–Crippen LogP) is 3.24. The first-order valence-electron chi connectivity index (χ1n) is 5.71. The highest BCUT2D eigenvalue weighted by atomic mass is 79.9. The molecule has 0 aromatic heterocycles. The first kappa shape index (κ1) is 15.0. The number of amides is 1. The minimum atomic E-state index is -1.32. The van der Waals surface area contributed by atoms with Crippen LogP contribution in [0.5, 0.6) is 5.75 Å². The molecule has 0 spiro atoms. The third-order valence-electron chi connectivity index (χ3n) is 2.66. The highest BCUT2D eigenvalue weighted by Gasteiger charge is 2.16. The van der Waals surface area contributed by atoms with Crippen LogP contribution in [-0.4, -0.2) is 22.1 Å². The third kappa shape index (κ3) is 3.38. The monoisotopic (exact) mass is 353 g/mol. The van der Waals surface area contributed by atoms with Gasteiger partial charge in [0, 0.05) is 4.47 Å². The van der Waals surface area contributed by atoms with Crippen molar-refractivity contribution >= 4 is 33.5 Å². The first-order valence-corrected chi connectivity index (χ1v) is 6.50. The van der Waals surface area contributed by atoms with E-state index in [1.807, 2.05) is 0 Å². The van der Waals surface area contributed by atoms with E-state index in [0.717, 1.165) is 12.1 Å². The Morgan fingerprint density at radius 3 is 2.43 bits per heavy atom. The van der Waals surface area contributed by atoms with E-state index < -0.39 is 17.7 Å². The Balaban J connectivity index is 2.34. The summed E-state index contributed by atoms with van der Waals surface area (Å²) in [6.45, 7) is 0. The van der Waals surface area contributed by atoms with Crippen LogP contribution in [0, 0.1) is 5.82 Å². The van der Waals surface area contributed by atoms with Gasteiger partial charge in [0.05, 0.1) is 16.8 Å². The Kier molecular flexibility index (Phi) is 4.23. The standard InChI is InChI=1S/C14H9BrFNO4/c15-7-1-3-9(11(16)5-7)13(19)17-12-4-2-8(18)6-10(12)14(20)21/h1-6,18H,(H,17,19)(H,20,21). The number of anilines is 1. The number of benzene rings is 2. The molecule has 0 saturated heterocycles. The summed E-state index contributed by atoms with van der Waals surface area (Å²) in [7, 11) is 0. The molecule has 0 heterocycles. The van der Waals surface area contributed by atoms with Crippen molar-refractivity contribution in [3.05, 3.63) is 57.8 Å². The number of phenolic OH excluding ortho intramolecular Hbond substituents is 1. The van der Waals surface area contributed by atoms with Crippen LogP contribution >= 0.6 is 15.9 Å². The van der Waals surface area contributed by atoms with Crippen molar-refractivity contribution in [1.82, 2.24) is 0 Å². The number of hydrogen-bond acceptors (Lipinski definition) is 3. The SMILES string of the molecule is O=C(Nc1ccc(O)cc1C(=O)O)c1ccc(Br)cc1F. The molecule has 21 heavy (non-hydrogen) atoms. The molecule has 2 aromatic carbocycles. The van der Waals surface area contributed by atoms with E-state index in [0.29, 0.717) is 4.47 Å². The number of rotatable bonds is 3. The largest absolute Gasteiger partial charge is 0.508 e. The van der Waals surface area contributed by atoms with Crippen LogP contribution < -0.4 is 5.32 Å². The van der Waals surface area contributed by atoms with Gasteiger partial charge in [0.25, 0.3) is 5.91 Å². The normalized spacial score (nSPS) is 10.2. The smallest absolute Gasteiger partial charge is 0.337 e. The summed E-state index contributed by atoms with van der Waals surface area (Å²) in [6, 6.07) is 7.34. The number of phenols is 1. The van der Waals surface area contributed by atoms with Crippen molar-refractivity contribution in [2.45, 2.75) is 0 Å². The number of carboxylic acids is 1. The van der Waals surface area contributed by atoms with E-state index in [-0.39, 0.29) is 22.6 Å². The lowest BCUT2D eigenvalue weighted by Crippen LogP contribution is -2.16. The Hall–Kier alpha value is -2.41. The molecule has 7 heteroatoms. The Morgan fingerprint density at radius 2 is 1.81 bits per heavy atom. The molecule has 0 aliphatic rings. The van der Waals surface area contributed by atoms with Crippen LogP contribution in [0.15, 0.2) is 40.9 Å². The summed E-state index contributed by atoms with van der Waals surface area (Å²) in [5.41, 5.74) is -0.545. The summed E-state index contributed by atoms with van der Waals surface area (Å²) < 4.78 is 14.2. The van der Waals surface area contributed by atoms with E-state index in [4.69, 9.17) is 5.11 Å². The Bertz CT molecular complexity index is 733. The number of nitrogens with one attached hydrogen (secondary N) is 1. The average Bonchev–Trinajstić information content (AvgIpc) is 2.40. The molecule has 0 atom stereocenters. The second-order valence-electron chi connectivity index (χ2n) is 4.11. The van der Waals surface area contributed by atoms with Gasteiger partial charge in [-0.3, -0.25) is 4.79 Å². The maximum atomic E-state index is 13.7. The molecule has 0 radical (unpaired) electrons. The lowest BCUT2D eigenvalue weighted by molar-refractivity contribution is 0.0697. The van der Waals surface area contributed by atoms with Crippen LogP contribution in [0.4, 0.5) is 10.1 Å². The Labute approximate surface area is 127 Å². The van der Waals surface area contributed by atoms with Crippen molar-refractivity contribution in [3.63, 3.8) is 0 Å². The van der Waals surface area contributed by atoms with Gasteiger partial charge >= 0.3 is 5.97 Å².